The van der Waals surface area contributed by atoms with E-state index >= 15 is 0 Å². The molecule has 0 saturated heterocycles. The summed E-state index contributed by atoms with van der Waals surface area (Å²) < 4.78 is 14.7. The number of benzene rings is 2. The molecular formula is C13H7Br2ClFNO. The summed E-state index contributed by atoms with van der Waals surface area (Å²) in [6, 6.07) is 9.02. The van der Waals surface area contributed by atoms with E-state index in [0.717, 1.165) is 4.47 Å². The highest BCUT2D eigenvalue weighted by atomic mass is 79.9. The van der Waals surface area contributed by atoms with Gasteiger partial charge in [0, 0.05) is 19.7 Å². The number of hydrogen-bond acceptors (Lipinski definition) is 1. The third-order valence-electron chi connectivity index (χ3n) is 2.30. The number of carbonyl (C=O) groups excluding carboxylic acids is 1. The van der Waals surface area contributed by atoms with E-state index in [-0.39, 0.29) is 10.9 Å². The van der Waals surface area contributed by atoms with Gasteiger partial charge in [-0.25, -0.2) is 4.39 Å². The van der Waals surface area contributed by atoms with E-state index in [0.29, 0.717) is 15.7 Å². The smallest absolute Gasteiger partial charge is 0.256 e. The number of anilines is 1. The molecule has 0 aliphatic carbocycles. The van der Waals surface area contributed by atoms with Crippen molar-refractivity contribution in [3.05, 3.63) is 61.7 Å². The van der Waals surface area contributed by atoms with Gasteiger partial charge in [0.2, 0.25) is 0 Å². The number of rotatable bonds is 2. The van der Waals surface area contributed by atoms with Crippen LogP contribution in [0.15, 0.2) is 45.3 Å². The molecule has 0 heterocycles. The Balaban J connectivity index is 2.25. The molecule has 2 aromatic rings. The van der Waals surface area contributed by atoms with Crippen molar-refractivity contribution in [3.8, 4) is 0 Å². The van der Waals surface area contributed by atoms with Crippen LogP contribution in [0.2, 0.25) is 5.02 Å². The second-order valence-corrected chi connectivity index (χ2v) is 5.94. The zero-order valence-corrected chi connectivity index (χ0v) is 13.3. The summed E-state index contributed by atoms with van der Waals surface area (Å²) in [5.74, 6) is -0.848. The molecule has 0 radical (unpaired) electrons. The molecule has 1 N–H and O–H groups in total. The lowest BCUT2D eigenvalue weighted by molar-refractivity contribution is 0.102. The van der Waals surface area contributed by atoms with Crippen LogP contribution in [0.25, 0.3) is 0 Å². The number of carbonyl (C=O) groups is 1. The molecule has 98 valence electrons. The Hall–Kier alpha value is -0.910. The van der Waals surface area contributed by atoms with E-state index in [4.69, 9.17) is 11.6 Å². The molecule has 0 aliphatic rings. The molecule has 6 heteroatoms. The van der Waals surface area contributed by atoms with E-state index in [1.165, 1.54) is 18.2 Å². The number of amides is 1. The van der Waals surface area contributed by atoms with Crippen molar-refractivity contribution in [3.63, 3.8) is 0 Å². The molecule has 2 aromatic carbocycles. The fourth-order valence-corrected chi connectivity index (χ4v) is 2.95. The van der Waals surface area contributed by atoms with Crippen molar-refractivity contribution in [2.45, 2.75) is 0 Å². The lowest BCUT2D eigenvalue weighted by Crippen LogP contribution is -2.12. The quantitative estimate of drug-likeness (QED) is 0.723. The van der Waals surface area contributed by atoms with Crippen molar-refractivity contribution in [1.82, 2.24) is 0 Å². The van der Waals surface area contributed by atoms with Crippen LogP contribution >= 0.6 is 43.5 Å². The summed E-state index contributed by atoms with van der Waals surface area (Å²) in [6.07, 6.45) is 0. The second kappa shape index (κ2) is 6.03. The van der Waals surface area contributed by atoms with E-state index in [9.17, 15) is 9.18 Å². The predicted octanol–water partition coefficient (Wildman–Crippen LogP) is 5.26. The van der Waals surface area contributed by atoms with Gasteiger partial charge in [0.05, 0.1) is 5.56 Å². The lowest BCUT2D eigenvalue weighted by Gasteiger charge is -2.08. The Morgan fingerprint density at radius 1 is 1.16 bits per heavy atom. The monoisotopic (exact) mass is 405 g/mol. The molecule has 0 fully saturated rings. The lowest BCUT2D eigenvalue weighted by atomic mass is 10.2. The van der Waals surface area contributed by atoms with Crippen molar-refractivity contribution in [2.24, 2.45) is 0 Å². The Morgan fingerprint density at radius 2 is 1.89 bits per heavy atom. The molecule has 19 heavy (non-hydrogen) atoms. The molecule has 0 unspecified atom stereocenters. The van der Waals surface area contributed by atoms with E-state index in [1.807, 2.05) is 0 Å². The average molecular weight is 407 g/mol. The first-order chi connectivity index (χ1) is 8.95. The third kappa shape index (κ3) is 3.78. The standard InChI is InChI=1S/C13H7Br2ClFNO/c14-7-1-2-11(12(15)3-7)13(19)18-10-5-8(16)4-9(17)6-10/h1-6H,(H,18,19). The molecule has 0 spiro atoms. The van der Waals surface area contributed by atoms with Crippen molar-refractivity contribution in [1.29, 1.82) is 0 Å². The molecule has 0 saturated carbocycles. The van der Waals surface area contributed by atoms with Crippen molar-refractivity contribution < 1.29 is 9.18 Å². The Labute approximate surface area is 131 Å². The third-order valence-corrected chi connectivity index (χ3v) is 3.66. The van der Waals surface area contributed by atoms with E-state index < -0.39 is 5.82 Å². The fourth-order valence-electron chi connectivity index (χ4n) is 1.50. The molecule has 0 bridgehead atoms. The van der Waals surface area contributed by atoms with Gasteiger partial charge < -0.3 is 5.32 Å². The Bertz CT molecular complexity index is 628. The normalized spacial score (nSPS) is 10.3. The largest absolute Gasteiger partial charge is 0.322 e. The van der Waals surface area contributed by atoms with Gasteiger partial charge in [-0.1, -0.05) is 27.5 Å². The van der Waals surface area contributed by atoms with Gasteiger partial charge in [-0.2, -0.15) is 0 Å². The van der Waals surface area contributed by atoms with Gasteiger partial charge in [0.25, 0.3) is 5.91 Å². The number of hydrogen-bond donors (Lipinski definition) is 1. The maximum Gasteiger partial charge on any atom is 0.256 e. The highest BCUT2D eigenvalue weighted by Gasteiger charge is 2.11. The molecule has 2 rings (SSSR count). The van der Waals surface area contributed by atoms with Gasteiger partial charge >= 0.3 is 0 Å². The second-order valence-electron chi connectivity index (χ2n) is 3.74. The minimum atomic E-state index is -0.502. The van der Waals surface area contributed by atoms with Crippen LogP contribution in [-0.4, -0.2) is 5.91 Å². The first kappa shape index (κ1) is 14.5. The van der Waals surface area contributed by atoms with Crippen molar-refractivity contribution >= 4 is 55.1 Å². The maximum atomic E-state index is 13.2. The molecule has 0 aromatic heterocycles. The summed E-state index contributed by atoms with van der Waals surface area (Å²) in [7, 11) is 0. The highest BCUT2D eigenvalue weighted by molar-refractivity contribution is 9.11. The van der Waals surface area contributed by atoms with Gasteiger partial charge in [-0.15, -0.1) is 0 Å². The minimum absolute atomic E-state index is 0.227. The van der Waals surface area contributed by atoms with Crippen LogP contribution in [0, 0.1) is 5.82 Å². The van der Waals surface area contributed by atoms with Crippen LogP contribution in [-0.2, 0) is 0 Å². The van der Waals surface area contributed by atoms with Crippen molar-refractivity contribution in [2.75, 3.05) is 5.32 Å². The summed E-state index contributed by atoms with van der Waals surface area (Å²) in [4.78, 5) is 12.0. The summed E-state index contributed by atoms with van der Waals surface area (Å²) in [5, 5.41) is 2.82. The first-order valence-corrected chi connectivity index (χ1v) is 7.14. The summed E-state index contributed by atoms with van der Waals surface area (Å²) >= 11 is 12.3. The average Bonchev–Trinajstić information content (AvgIpc) is 2.26. The van der Waals surface area contributed by atoms with E-state index in [1.54, 1.807) is 18.2 Å². The van der Waals surface area contributed by atoms with Gasteiger partial charge in [0.1, 0.15) is 5.82 Å². The van der Waals surface area contributed by atoms with Gasteiger partial charge in [0.15, 0.2) is 0 Å². The van der Waals surface area contributed by atoms with E-state index in [2.05, 4.69) is 37.2 Å². The Morgan fingerprint density at radius 3 is 2.53 bits per heavy atom. The SMILES string of the molecule is O=C(Nc1cc(F)cc(Cl)c1)c1ccc(Br)cc1Br. The maximum absolute atomic E-state index is 13.2. The van der Waals surface area contributed by atoms with Crippen LogP contribution in [0.5, 0.6) is 0 Å². The molecule has 0 aliphatic heterocycles. The fraction of sp³-hybridized carbons (Fsp3) is 0. The van der Waals surface area contributed by atoms with Crippen LogP contribution in [0.4, 0.5) is 10.1 Å². The zero-order chi connectivity index (χ0) is 14.0. The van der Waals surface area contributed by atoms with Crippen LogP contribution in [0.3, 0.4) is 0 Å². The van der Waals surface area contributed by atoms with Gasteiger partial charge in [-0.05, 0) is 52.3 Å². The number of nitrogens with one attached hydrogen (secondary N) is 1. The molecule has 1 amide bonds. The molecule has 2 nitrogen and oxygen atoms in total. The van der Waals surface area contributed by atoms with Crippen LogP contribution in [0.1, 0.15) is 10.4 Å². The topological polar surface area (TPSA) is 29.1 Å². The Kier molecular flexibility index (Phi) is 4.60. The van der Waals surface area contributed by atoms with Crippen LogP contribution < -0.4 is 5.32 Å². The summed E-state index contributed by atoms with van der Waals surface area (Å²) in [5.41, 5.74) is 0.758. The highest BCUT2D eigenvalue weighted by Crippen LogP contribution is 2.24. The minimum Gasteiger partial charge on any atom is -0.322 e. The first-order valence-electron chi connectivity index (χ1n) is 5.18. The number of halogens is 4. The summed E-state index contributed by atoms with van der Waals surface area (Å²) in [6.45, 7) is 0. The zero-order valence-electron chi connectivity index (χ0n) is 9.38. The van der Waals surface area contributed by atoms with Gasteiger partial charge in [-0.3, -0.25) is 4.79 Å². The predicted molar refractivity (Wildman–Crippen MR) is 81.2 cm³/mol. The molecular weight excluding hydrogens is 400 g/mol. The molecule has 0 atom stereocenters.